The van der Waals surface area contributed by atoms with Crippen molar-refractivity contribution >= 4 is 15.7 Å². The Morgan fingerprint density at radius 1 is 1.00 bits per heavy atom. The number of nitrogens with one attached hydrogen (secondary N) is 1. The lowest BCUT2D eigenvalue weighted by atomic mass is 10.2. The summed E-state index contributed by atoms with van der Waals surface area (Å²) in [7, 11) is -3.31. The predicted octanol–water partition coefficient (Wildman–Crippen LogP) is 1.78. The Hall–Kier alpha value is -2.25. The first-order valence-corrected chi connectivity index (χ1v) is 9.09. The van der Waals surface area contributed by atoms with Gasteiger partial charge in [0, 0.05) is 19.2 Å². The summed E-state index contributed by atoms with van der Waals surface area (Å²) in [6.07, 6.45) is 3.24. The Morgan fingerprint density at radius 3 is 2.61 bits per heavy atom. The molecule has 6 nitrogen and oxygen atoms in total. The summed E-state index contributed by atoms with van der Waals surface area (Å²) in [5, 5.41) is 8.21. The molecule has 0 bridgehead atoms. The molecule has 2 heterocycles. The van der Waals surface area contributed by atoms with Crippen LogP contribution in [0.2, 0.25) is 0 Å². The molecule has 0 amide bonds. The van der Waals surface area contributed by atoms with Crippen LogP contribution in [-0.4, -0.2) is 29.6 Å². The topological polar surface area (TPSA) is 76.4 Å². The number of nitrogens with zero attached hydrogens (tertiary/aromatic N) is 3. The number of rotatable bonds is 7. The second-order valence-electron chi connectivity index (χ2n) is 5.29. The molecule has 0 aliphatic heterocycles. The largest absolute Gasteiger partial charge is 0.286 e. The zero-order valence-electron chi connectivity index (χ0n) is 12.6. The van der Waals surface area contributed by atoms with Gasteiger partial charge in [0.05, 0.1) is 5.75 Å². The number of fused-ring (bicyclic) bond motifs is 1. The van der Waals surface area contributed by atoms with Gasteiger partial charge in [-0.25, -0.2) is 13.1 Å². The highest BCUT2D eigenvalue weighted by molar-refractivity contribution is 7.88. The van der Waals surface area contributed by atoms with Gasteiger partial charge in [-0.2, -0.15) is 0 Å². The molecule has 2 aromatic heterocycles. The maximum atomic E-state index is 12.0. The van der Waals surface area contributed by atoms with Crippen molar-refractivity contribution in [2.45, 2.75) is 18.6 Å². The molecule has 0 radical (unpaired) electrons. The maximum absolute atomic E-state index is 12.0. The monoisotopic (exact) mass is 330 g/mol. The normalized spacial score (nSPS) is 11.8. The van der Waals surface area contributed by atoms with E-state index in [1.165, 1.54) is 0 Å². The van der Waals surface area contributed by atoms with Gasteiger partial charge in [-0.3, -0.25) is 4.40 Å². The number of benzene rings is 1. The Labute approximate surface area is 135 Å². The smallest absolute Gasteiger partial charge is 0.215 e. The van der Waals surface area contributed by atoms with E-state index in [4.69, 9.17) is 0 Å². The van der Waals surface area contributed by atoms with E-state index in [-0.39, 0.29) is 5.75 Å². The lowest BCUT2D eigenvalue weighted by molar-refractivity contribution is 0.577. The number of pyridine rings is 1. The molecule has 0 unspecified atom stereocenters. The quantitative estimate of drug-likeness (QED) is 0.670. The molecule has 3 rings (SSSR count). The molecule has 1 N–H and O–H groups in total. The minimum atomic E-state index is -3.31. The van der Waals surface area contributed by atoms with Gasteiger partial charge >= 0.3 is 0 Å². The van der Waals surface area contributed by atoms with Crippen LogP contribution in [0.3, 0.4) is 0 Å². The Kier molecular flexibility index (Phi) is 4.68. The number of sulfonamides is 1. The first kappa shape index (κ1) is 15.6. The molecule has 23 heavy (non-hydrogen) atoms. The Morgan fingerprint density at radius 2 is 1.78 bits per heavy atom. The summed E-state index contributed by atoms with van der Waals surface area (Å²) in [5.74, 6) is 0.838. The fourth-order valence-corrected chi connectivity index (χ4v) is 3.57. The van der Waals surface area contributed by atoms with E-state index in [9.17, 15) is 8.42 Å². The minimum Gasteiger partial charge on any atom is -0.286 e. The molecule has 7 heteroatoms. The molecule has 3 aromatic rings. The fourth-order valence-electron chi connectivity index (χ4n) is 2.38. The van der Waals surface area contributed by atoms with Crippen LogP contribution in [0.5, 0.6) is 0 Å². The average Bonchev–Trinajstić information content (AvgIpc) is 2.95. The van der Waals surface area contributed by atoms with Crippen LogP contribution in [0.15, 0.2) is 54.7 Å². The van der Waals surface area contributed by atoms with Gasteiger partial charge in [0.15, 0.2) is 5.65 Å². The molecule has 0 aliphatic rings. The SMILES string of the molecule is O=S(=O)(Cc1ccccc1)NCCCc1nnc2ccccn12. The highest BCUT2D eigenvalue weighted by Crippen LogP contribution is 2.06. The second-order valence-corrected chi connectivity index (χ2v) is 7.09. The van der Waals surface area contributed by atoms with Gasteiger partial charge in [0.1, 0.15) is 5.82 Å². The number of aryl methyl sites for hydroxylation is 1. The molecule has 120 valence electrons. The van der Waals surface area contributed by atoms with Gasteiger partial charge in [-0.15, -0.1) is 10.2 Å². The van der Waals surface area contributed by atoms with Crippen molar-refractivity contribution in [3.8, 4) is 0 Å². The molecule has 0 saturated carbocycles. The minimum absolute atomic E-state index is 0.00169. The van der Waals surface area contributed by atoms with Crippen molar-refractivity contribution in [2.24, 2.45) is 0 Å². The third-order valence-electron chi connectivity index (χ3n) is 3.48. The first-order valence-electron chi connectivity index (χ1n) is 7.44. The van der Waals surface area contributed by atoms with Gasteiger partial charge in [0.25, 0.3) is 0 Å². The summed E-state index contributed by atoms with van der Waals surface area (Å²) in [5.41, 5.74) is 1.58. The van der Waals surface area contributed by atoms with Crippen LogP contribution in [0.25, 0.3) is 5.65 Å². The molecule has 0 spiro atoms. The van der Waals surface area contributed by atoms with Crippen molar-refractivity contribution in [1.82, 2.24) is 19.3 Å². The molecular formula is C16H18N4O2S. The van der Waals surface area contributed by atoms with E-state index in [1.807, 2.05) is 59.1 Å². The summed E-state index contributed by atoms with van der Waals surface area (Å²) in [4.78, 5) is 0. The molecule has 0 fully saturated rings. The Balaban J connectivity index is 1.51. The first-order chi connectivity index (χ1) is 11.1. The third kappa shape index (κ3) is 4.14. The van der Waals surface area contributed by atoms with E-state index in [0.29, 0.717) is 19.4 Å². The van der Waals surface area contributed by atoms with E-state index >= 15 is 0 Å². The molecule has 0 aliphatic carbocycles. The van der Waals surface area contributed by atoms with Crippen LogP contribution in [0.1, 0.15) is 17.8 Å². The summed E-state index contributed by atoms with van der Waals surface area (Å²) in [6.45, 7) is 0.386. The third-order valence-corrected chi connectivity index (χ3v) is 4.84. The van der Waals surface area contributed by atoms with Gasteiger partial charge in [-0.05, 0) is 24.1 Å². The van der Waals surface area contributed by atoms with E-state index in [0.717, 1.165) is 17.0 Å². The fraction of sp³-hybridized carbons (Fsp3) is 0.250. The zero-order chi connectivity index (χ0) is 16.1. The highest BCUT2D eigenvalue weighted by atomic mass is 32.2. The van der Waals surface area contributed by atoms with Gasteiger partial charge in [-0.1, -0.05) is 36.4 Å². The molecule has 1 aromatic carbocycles. The van der Waals surface area contributed by atoms with Crippen LogP contribution >= 0.6 is 0 Å². The van der Waals surface area contributed by atoms with Crippen LogP contribution in [-0.2, 0) is 22.2 Å². The summed E-state index contributed by atoms with van der Waals surface area (Å²) < 4.78 is 28.6. The van der Waals surface area contributed by atoms with Crippen LogP contribution in [0.4, 0.5) is 0 Å². The van der Waals surface area contributed by atoms with Crippen molar-refractivity contribution < 1.29 is 8.42 Å². The summed E-state index contributed by atoms with van der Waals surface area (Å²) in [6, 6.07) is 14.9. The van der Waals surface area contributed by atoms with Crippen molar-refractivity contribution in [1.29, 1.82) is 0 Å². The lowest BCUT2D eigenvalue weighted by Gasteiger charge is -2.06. The zero-order valence-corrected chi connectivity index (χ0v) is 13.4. The van der Waals surface area contributed by atoms with Crippen molar-refractivity contribution in [3.63, 3.8) is 0 Å². The van der Waals surface area contributed by atoms with E-state index in [1.54, 1.807) is 0 Å². The van der Waals surface area contributed by atoms with Gasteiger partial charge < -0.3 is 0 Å². The number of aromatic nitrogens is 3. The number of hydrogen-bond donors (Lipinski definition) is 1. The lowest BCUT2D eigenvalue weighted by Crippen LogP contribution is -2.26. The average molecular weight is 330 g/mol. The maximum Gasteiger partial charge on any atom is 0.215 e. The molecule has 0 saturated heterocycles. The summed E-state index contributed by atoms with van der Waals surface area (Å²) >= 11 is 0. The second kappa shape index (κ2) is 6.89. The van der Waals surface area contributed by atoms with Crippen molar-refractivity contribution in [2.75, 3.05) is 6.54 Å². The van der Waals surface area contributed by atoms with Crippen molar-refractivity contribution in [3.05, 3.63) is 66.1 Å². The number of hydrogen-bond acceptors (Lipinski definition) is 4. The Bertz CT molecular complexity index is 875. The van der Waals surface area contributed by atoms with Crippen LogP contribution < -0.4 is 4.72 Å². The van der Waals surface area contributed by atoms with E-state index < -0.39 is 10.0 Å². The highest BCUT2D eigenvalue weighted by Gasteiger charge is 2.11. The molecule has 0 atom stereocenters. The van der Waals surface area contributed by atoms with Crippen LogP contribution in [0, 0.1) is 0 Å². The standard InChI is InChI=1S/C16H18N4O2S/c21-23(22,13-14-7-2-1-3-8-14)17-11-6-10-16-19-18-15-9-4-5-12-20(15)16/h1-5,7-9,12,17H,6,10-11,13H2. The van der Waals surface area contributed by atoms with E-state index in [2.05, 4.69) is 14.9 Å². The predicted molar refractivity (Wildman–Crippen MR) is 88.4 cm³/mol. The molecular weight excluding hydrogens is 312 g/mol. The van der Waals surface area contributed by atoms with Gasteiger partial charge in [0.2, 0.25) is 10.0 Å².